The number of nitrogens with one attached hydrogen (secondary N) is 1. The number of para-hydroxylation sites is 1. The molecule has 0 aromatic heterocycles. The maximum Gasteiger partial charge on any atom is 0.180 e. The molecule has 0 unspecified atom stereocenters. The van der Waals surface area contributed by atoms with Crippen molar-refractivity contribution in [1.29, 1.82) is 0 Å². The molecule has 0 saturated carbocycles. The van der Waals surface area contributed by atoms with E-state index < -0.39 is 9.84 Å². The number of halogens is 1. The minimum absolute atomic E-state index is 0.00316. The lowest BCUT2D eigenvalue weighted by Gasteiger charge is -2.30. The van der Waals surface area contributed by atoms with E-state index in [0.29, 0.717) is 29.4 Å². The maximum atomic E-state index is 12.3. The summed E-state index contributed by atoms with van der Waals surface area (Å²) in [6, 6.07) is 7.12. The summed E-state index contributed by atoms with van der Waals surface area (Å²) < 4.78 is 24.6. The molecule has 0 amide bonds. The summed E-state index contributed by atoms with van der Waals surface area (Å²) in [4.78, 5) is 0.391. The van der Waals surface area contributed by atoms with Crippen LogP contribution in [0.25, 0.3) is 0 Å². The van der Waals surface area contributed by atoms with E-state index >= 15 is 0 Å². The topological polar surface area (TPSA) is 46.2 Å². The fourth-order valence-corrected chi connectivity index (χ4v) is 4.27. The van der Waals surface area contributed by atoms with Crippen molar-refractivity contribution < 1.29 is 8.42 Å². The smallest absolute Gasteiger partial charge is 0.180 e. The van der Waals surface area contributed by atoms with Crippen molar-refractivity contribution in [3.05, 3.63) is 24.3 Å². The van der Waals surface area contributed by atoms with Gasteiger partial charge in [0.2, 0.25) is 0 Å². The van der Waals surface area contributed by atoms with Crippen molar-refractivity contribution >= 4 is 27.1 Å². The van der Waals surface area contributed by atoms with E-state index in [1.807, 2.05) is 19.1 Å². The zero-order valence-electron chi connectivity index (χ0n) is 13.2. The van der Waals surface area contributed by atoms with Crippen LogP contribution in [0.2, 0.25) is 0 Å². The molecule has 21 heavy (non-hydrogen) atoms. The Morgan fingerprint density at radius 2 is 1.76 bits per heavy atom. The molecule has 120 valence electrons. The molecule has 0 radical (unpaired) electrons. The summed E-state index contributed by atoms with van der Waals surface area (Å²) in [7, 11) is -3.22. The van der Waals surface area contributed by atoms with Gasteiger partial charge in [0.05, 0.1) is 16.3 Å². The van der Waals surface area contributed by atoms with Crippen LogP contribution in [0.5, 0.6) is 0 Å². The first-order valence-corrected chi connectivity index (χ1v) is 9.75. The van der Waals surface area contributed by atoms with Crippen LogP contribution in [0.4, 0.5) is 5.69 Å². The molecular weight excluding hydrogens is 306 g/mol. The number of rotatable bonds is 9. The molecule has 1 rings (SSSR count). The predicted molar refractivity (Wildman–Crippen MR) is 91.0 cm³/mol. The molecule has 0 fully saturated rings. The highest BCUT2D eigenvalue weighted by Gasteiger charge is 2.26. The van der Waals surface area contributed by atoms with Gasteiger partial charge in [0.15, 0.2) is 9.84 Å². The molecule has 0 spiro atoms. The van der Waals surface area contributed by atoms with Crippen LogP contribution in [0.1, 0.15) is 40.0 Å². The third-order valence-corrected chi connectivity index (χ3v) is 6.67. The normalized spacial score (nSPS) is 12.4. The summed E-state index contributed by atoms with van der Waals surface area (Å²) in [6.45, 7) is 6.79. The average molecular weight is 332 g/mol. The largest absolute Gasteiger partial charge is 0.383 e. The van der Waals surface area contributed by atoms with Gasteiger partial charge in [0.25, 0.3) is 0 Å². The Morgan fingerprint density at radius 3 is 2.29 bits per heavy atom. The Morgan fingerprint density at radius 1 is 1.14 bits per heavy atom. The van der Waals surface area contributed by atoms with E-state index in [-0.39, 0.29) is 11.2 Å². The predicted octanol–water partition coefficient (Wildman–Crippen LogP) is 4.33. The van der Waals surface area contributed by atoms with Crippen molar-refractivity contribution in [1.82, 2.24) is 0 Å². The van der Waals surface area contributed by atoms with Crippen LogP contribution in [0, 0.1) is 5.41 Å². The average Bonchev–Trinajstić information content (AvgIpc) is 2.49. The van der Waals surface area contributed by atoms with Gasteiger partial charge < -0.3 is 5.32 Å². The van der Waals surface area contributed by atoms with E-state index in [1.54, 1.807) is 12.1 Å². The lowest BCUT2D eigenvalue weighted by atomic mass is 9.84. The number of alkyl halides is 1. The number of hydrogen-bond acceptors (Lipinski definition) is 3. The summed E-state index contributed by atoms with van der Waals surface area (Å²) in [5.41, 5.74) is 0.686. The summed E-state index contributed by atoms with van der Waals surface area (Å²) in [5, 5.41) is 3.31. The Balaban J connectivity index is 3.00. The third kappa shape index (κ3) is 4.62. The molecule has 0 saturated heterocycles. The van der Waals surface area contributed by atoms with E-state index in [1.165, 1.54) is 0 Å². The van der Waals surface area contributed by atoms with E-state index in [0.717, 1.165) is 12.8 Å². The summed E-state index contributed by atoms with van der Waals surface area (Å²) >= 11 is 6.11. The Hall–Kier alpha value is -0.740. The quantitative estimate of drug-likeness (QED) is 0.685. The first-order chi connectivity index (χ1) is 9.94. The molecule has 0 aliphatic heterocycles. The van der Waals surface area contributed by atoms with Gasteiger partial charge in [0, 0.05) is 17.8 Å². The number of hydrogen-bond donors (Lipinski definition) is 1. The maximum absolute atomic E-state index is 12.3. The lowest BCUT2D eigenvalue weighted by molar-refractivity contribution is 0.326. The Kier molecular flexibility index (Phi) is 7.01. The zero-order valence-corrected chi connectivity index (χ0v) is 14.7. The van der Waals surface area contributed by atoms with Crippen molar-refractivity contribution in [3.8, 4) is 0 Å². The second-order valence-electron chi connectivity index (χ2n) is 5.51. The van der Waals surface area contributed by atoms with Gasteiger partial charge >= 0.3 is 0 Å². The van der Waals surface area contributed by atoms with Crippen LogP contribution < -0.4 is 5.32 Å². The molecular formula is C16H26ClNO2S. The summed E-state index contributed by atoms with van der Waals surface area (Å²) in [6.07, 6.45) is 2.54. The van der Waals surface area contributed by atoms with Crippen LogP contribution in [0.3, 0.4) is 0 Å². The highest BCUT2D eigenvalue weighted by molar-refractivity contribution is 7.91. The van der Waals surface area contributed by atoms with Gasteiger partial charge in [0.1, 0.15) is 0 Å². The number of benzene rings is 1. The molecule has 5 heteroatoms. The second-order valence-corrected chi connectivity index (χ2v) is 7.85. The third-order valence-electron chi connectivity index (χ3n) is 4.13. The van der Waals surface area contributed by atoms with Gasteiger partial charge in [-0.15, -0.1) is 11.6 Å². The van der Waals surface area contributed by atoms with Crippen molar-refractivity contribution in [2.75, 3.05) is 23.5 Å². The molecule has 1 N–H and O–H groups in total. The minimum atomic E-state index is -3.22. The van der Waals surface area contributed by atoms with Crippen LogP contribution in [-0.4, -0.2) is 26.6 Å². The van der Waals surface area contributed by atoms with E-state index in [4.69, 9.17) is 11.6 Å². The molecule has 0 aliphatic carbocycles. The highest BCUT2D eigenvalue weighted by atomic mass is 35.5. The number of sulfone groups is 1. The van der Waals surface area contributed by atoms with Gasteiger partial charge in [-0.05, 0) is 31.4 Å². The lowest BCUT2D eigenvalue weighted by Crippen LogP contribution is -2.30. The summed E-state index contributed by atoms with van der Waals surface area (Å²) in [5.74, 6) is 0.741. The SMILES string of the molecule is CCCS(=O)(=O)c1ccccc1NCC(CC)(CC)CCl. The standard InChI is InChI=1S/C16H26ClNO2S/c1-4-11-21(19,20)15-10-8-7-9-14(15)18-13-16(5-2,6-3)12-17/h7-10,18H,4-6,11-13H2,1-3H3. The van der Waals surface area contributed by atoms with Crippen molar-refractivity contribution in [2.24, 2.45) is 5.41 Å². The van der Waals surface area contributed by atoms with E-state index in [2.05, 4.69) is 19.2 Å². The Bertz CT molecular complexity index is 531. The van der Waals surface area contributed by atoms with Gasteiger partial charge in [-0.1, -0.05) is 32.9 Å². The molecule has 0 atom stereocenters. The van der Waals surface area contributed by atoms with Gasteiger partial charge in [-0.3, -0.25) is 0 Å². The monoisotopic (exact) mass is 331 g/mol. The van der Waals surface area contributed by atoms with Gasteiger partial charge in [-0.25, -0.2) is 8.42 Å². The molecule has 0 bridgehead atoms. The van der Waals surface area contributed by atoms with Crippen LogP contribution in [0.15, 0.2) is 29.2 Å². The van der Waals surface area contributed by atoms with Gasteiger partial charge in [-0.2, -0.15) is 0 Å². The molecule has 0 aliphatic rings. The van der Waals surface area contributed by atoms with Crippen LogP contribution >= 0.6 is 11.6 Å². The van der Waals surface area contributed by atoms with E-state index in [9.17, 15) is 8.42 Å². The molecule has 3 nitrogen and oxygen atoms in total. The van der Waals surface area contributed by atoms with Crippen LogP contribution in [-0.2, 0) is 9.84 Å². The first-order valence-electron chi connectivity index (χ1n) is 7.56. The second kappa shape index (κ2) is 8.04. The first kappa shape index (κ1) is 18.3. The minimum Gasteiger partial charge on any atom is -0.383 e. The molecule has 0 heterocycles. The zero-order chi connectivity index (χ0) is 15.9. The fourth-order valence-electron chi connectivity index (χ4n) is 2.28. The number of anilines is 1. The Labute approximate surface area is 134 Å². The van der Waals surface area contributed by atoms with Crippen molar-refractivity contribution in [2.45, 2.75) is 44.9 Å². The highest BCUT2D eigenvalue weighted by Crippen LogP contribution is 2.30. The molecule has 1 aromatic carbocycles. The fraction of sp³-hybridized carbons (Fsp3) is 0.625. The molecule has 1 aromatic rings. The van der Waals surface area contributed by atoms with Crippen molar-refractivity contribution in [3.63, 3.8) is 0 Å².